The van der Waals surface area contributed by atoms with Gasteiger partial charge in [0.2, 0.25) is 0 Å². The van der Waals surface area contributed by atoms with E-state index >= 15 is 4.39 Å². The van der Waals surface area contributed by atoms with Crippen LogP contribution in [0.3, 0.4) is 0 Å². The molecule has 0 saturated heterocycles. The lowest BCUT2D eigenvalue weighted by Crippen LogP contribution is -2.11. The molecule has 5 rings (SSSR count). The van der Waals surface area contributed by atoms with Crippen LogP contribution in [0.5, 0.6) is 11.5 Å². The molecule has 1 fully saturated rings. The van der Waals surface area contributed by atoms with Crippen molar-refractivity contribution in [3.8, 4) is 22.6 Å². The summed E-state index contributed by atoms with van der Waals surface area (Å²) in [7, 11) is 2.88. The SMILES string of the molecule is C1CC1.COC(=O)CCc1cccc(OCc2cc(C3=CCCC3(C)C)c(-c3cc(OC)ccc3F)cc2F)c1. The van der Waals surface area contributed by atoms with Crippen LogP contribution in [-0.4, -0.2) is 20.2 Å². The van der Waals surface area contributed by atoms with E-state index < -0.39 is 11.6 Å². The average molecular weight is 549 g/mol. The van der Waals surface area contributed by atoms with Crippen LogP contribution in [0.4, 0.5) is 8.78 Å². The van der Waals surface area contributed by atoms with E-state index in [0.717, 1.165) is 29.5 Å². The molecule has 4 nitrogen and oxygen atoms in total. The fourth-order valence-corrected chi connectivity index (χ4v) is 4.78. The minimum Gasteiger partial charge on any atom is -0.497 e. The van der Waals surface area contributed by atoms with E-state index in [9.17, 15) is 9.18 Å². The third kappa shape index (κ3) is 7.50. The molecular formula is C34H38F2O4. The van der Waals surface area contributed by atoms with Crippen LogP contribution in [0.2, 0.25) is 0 Å². The Morgan fingerprint density at radius 1 is 0.875 bits per heavy atom. The van der Waals surface area contributed by atoms with E-state index in [-0.39, 0.29) is 24.4 Å². The lowest BCUT2D eigenvalue weighted by molar-refractivity contribution is -0.140. The van der Waals surface area contributed by atoms with E-state index in [2.05, 4.69) is 19.9 Å². The zero-order valence-electron chi connectivity index (χ0n) is 23.8. The van der Waals surface area contributed by atoms with Gasteiger partial charge in [0.25, 0.3) is 0 Å². The van der Waals surface area contributed by atoms with Crippen molar-refractivity contribution in [2.45, 2.75) is 65.4 Å². The number of ether oxygens (including phenoxy) is 3. The molecule has 2 aliphatic rings. The summed E-state index contributed by atoms with van der Waals surface area (Å²) in [6.07, 6.45) is 9.32. The minimum atomic E-state index is -0.473. The van der Waals surface area contributed by atoms with E-state index in [1.54, 1.807) is 24.3 Å². The highest BCUT2D eigenvalue weighted by Gasteiger charge is 2.31. The number of carbonyl (C=O) groups is 1. The normalized spacial score (nSPS) is 15.0. The topological polar surface area (TPSA) is 44.8 Å². The Morgan fingerprint density at radius 2 is 1.65 bits per heavy atom. The maximum absolute atomic E-state index is 15.4. The zero-order valence-corrected chi connectivity index (χ0v) is 23.8. The Hall–Kier alpha value is -3.67. The van der Waals surface area contributed by atoms with Gasteiger partial charge in [0.15, 0.2) is 0 Å². The number of methoxy groups -OCH3 is 2. The molecule has 0 heterocycles. The van der Waals surface area contributed by atoms with Crippen molar-refractivity contribution in [2.75, 3.05) is 14.2 Å². The van der Waals surface area contributed by atoms with Crippen molar-refractivity contribution < 1.29 is 27.8 Å². The smallest absolute Gasteiger partial charge is 0.305 e. The van der Waals surface area contributed by atoms with Crippen molar-refractivity contribution >= 4 is 11.5 Å². The van der Waals surface area contributed by atoms with Crippen molar-refractivity contribution in [1.82, 2.24) is 0 Å². The maximum Gasteiger partial charge on any atom is 0.305 e. The maximum atomic E-state index is 15.4. The molecule has 6 heteroatoms. The second-order valence-electron chi connectivity index (χ2n) is 10.9. The van der Waals surface area contributed by atoms with Gasteiger partial charge in [0.1, 0.15) is 29.7 Å². The Morgan fingerprint density at radius 3 is 2.30 bits per heavy atom. The quantitative estimate of drug-likeness (QED) is 0.251. The summed E-state index contributed by atoms with van der Waals surface area (Å²) < 4.78 is 46.4. The van der Waals surface area contributed by atoms with Crippen LogP contribution in [0.15, 0.2) is 60.7 Å². The first-order valence-corrected chi connectivity index (χ1v) is 13.9. The van der Waals surface area contributed by atoms with Gasteiger partial charge in [-0.1, -0.05) is 51.3 Å². The molecule has 0 aliphatic heterocycles. The number of allylic oxidation sites excluding steroid dienone is 2. The highest BCUT2D eigenvalue weighted by atomic mass is 19.1. The van der Waals surface area contributed by atoms with Gasteiger partial charge in [-0.15, -0.1) is 0 Å². The van der Waals surface area contributed by atoms with Gasteiger partial charge in [-0.2, -0.15) is 0 Å². The molecule has 0 unspecified atom stereocenters. The second kappa shape index (κ2) is 13.1. The largest absolute Gasteiger partial charge is 0.497 e. The van der Waals surface area contributed by atoms with Crippen molar-refractivity contribution in [2.24, 2.45) is 5.41 Å². The van der Waals surface area contributed by atoms with Crippen LogP contribution in [0.1, 0.15) is 69.1 Å². The molecule has 3 aromatic carbocycles. The summed E-state index contributed by atoms with van der Waals surface area (Å²) in [6, 6.07) is 15.0. The summed E-state index contributed by atoms with van der Waals surface area (Å²) in [5, 5.41) is 0. The number of hydrogen-bond acceptors (Lipinski definition) is 4. The lowest BCUT2D eigenvalue weighted by atomic mass is 9.79. The predicted octanol–water partition coefficient (Wildman–Crippen LogP) is 8.70. The number of rotatable bonds is 9. The van der Waals surface area contributed by atoms with Crippen molar-refractivity contribution in [1.29, 1.82) is 0 Å². The first kappa shape index (κ1) is 29.3. The molecule has 0 amide bonds. The minimum absolute atomic E-state index is 0.00781. The zero-order chi connectivity index (χ0) is 28.7. The van der Waals surface area contributed by atoms with Crippen molar-refractivity contribution in [3.05, 3.63) is 89.0 Å². The summed E-state index contributed by atoms with van der Waals surface area (Å²) in [5.41, 5.74) is 3.81. The number of benzene rings is 3. The van der Waals surface area contributed by atoms with Gasteiger partial charge in [0.05, 0.1) is 14.2 Å². The van der Waals surface area contributed by atoms with Crippen LogP contribution in [0.25, 0.3) is 16.7 Å². The van der Waals surface area contributed by atoms with Crippen LogP contribution in [0, 0.1) is 17.0 Å². The molecule has 0 aromatic heterocycles. The van der Waals surface area contributed by atoms with Gasteiger partial charge in [-0.05, 0) is 89.4 Å². The third-order valence-electron chi connectivity index (χ3n) is 7.28. The van der Waals surface area contributed by atoms with Gasteiger partial charge in [-0.25, -0.2) is 8.78 Å². The standard InChI is InChI=1S/C31H32F2O4.C3H6/c1-31(2)14-6-9-27(31)25-16-21(19-37-23-8-5-7-20(15-23)10-13-30(34)36-4)29(33)18-24(25)26-17-22(35-3)11-12-28(26)32;1-2-3-1/h5,7-9,11-12,15-18H,6,10,13-14,19H2,1-4H3;1-3H2. The molecule has 0 N–H and O–H groups in total. The van der Waals surface area contributed by atoms with Gasteiger partial charge < -0.3 is 14.2 Å². The van der Waals surface area contributed by atoms with E-state index in [1.807, 2.05) is 18.2 Å². The number of hydrogen-bond donors (Lipinski definition) is 0. The van der Waals surface area contributed by atoms with Gasteiger partial charge >= 0.3 is 5.97 Å². The van der Waals surface area contributed by atoms with E-state index in [0.29, 0.717) is 34.6 Å². The number of carbonyl (C=O) groups excluding carboxylic acids is 1. The predicted molar refractivity (Wildman–Crippen MR) is 154 cm³/mol. The Balaban J connectivity index is 0.00000115. The number of esters is 1. The van der Waals surface area contributed by atoms with Gasteiger partial charge in [0, 0.05) is 17.5 Å². The summed E-state index contributed by atoms with van der Waals surface area (Å²) in [6.45, 7) is 4.31. The van der Waals surface area contributed by atoms with Gasteiger partial charge in [-0.3, -0.25) is 4.79 Å². The average Bonchev–Trinajstić information content (AvgIpc) is 3.80. The number of aryl methyl sites for hydroxylation is 1. The lowest BCUT2D eigenvalue weighted by Gasteiger charge is -2.26. The molecule has 40 heavy (non-hydrogen) atoms. The second-order valence-corrected chi connectivity index (χ2v) is 10.9. The monoisotopic (exact) mass is 548 g/mol. The van der Waals surface area contributed by atoms with Crippen LogP contribution < -0.4 is 9.47 Å². The molecular weight excluding hydrogens is 510 g/mol. The first-order chi connectivity index (χ1) is 19.2. The summed E-state index contributed by atoms with van der Waals surface area (Å²) in [4.78, 5) is 11.5. The Labute approximate surface area is 236 Å². The molecule has 3 aromatic rings. The summed E-state index contributed by atoms with van der Waals surface area (Å²) >= 11 is 0. The highest BCUT2D eigenvalue weighted by molar-refractivity contribution is 5.85. The van der Waals surface area contributed by atoms with E-state index in [4.69, 9.17) is 14.2 Å². The molecule has 0 spiro atoms. The van der Waals surface area contributed by atoms with Crippen molar-refractivity contribution in [3.63, 3.8) is 0 Å². The third-order valence-corrected chi connectivity index (χ3v) is 7.28. The molecule has 1 saturated carbocycles. The fourth-order valence-electron chi connectivity index (χ4n) is 4.78. The van der Waals surface area contributed by atoms with Crippen LogP contribution in [-0.2, 0) is 22.6 Å². The summed E-state index contributed by atoms with van der Waals surface area (Å²) in [5.74, 6) is -0.115. The van der Waals surface area contributed by atoms with Crippen LogP contribution >= 0.6 is 0 Å². The first-order valence-electron chi connectivity index (χ1n) is 13.9. The highest BCUT2D eigenvalue weighted by Crippen LogP contribution is 2.47. The Kier molecular flexibility index (Phi) is 9.62. The molecule has 212 valence electrons. The van der Waals surface area contributed by atoms with E-state index in [1.165, 1.54) is 45.6 Å². The molecule has 0 atom stereocenters. The Bertz CT molecular complexity index is 1370. The molecule has 0 bridgehead atoms. The fraction of sp³-hybridized carbons (Fsp3) is 0.382. The molecule has 2 aliphatic carbocycles. The molecule has 0 radical (unpaired) electrons. The number of halogens is 2.